The molecule has 0 bridgehead atoms. The molecule has 1 heterocycles. The summed E-state index contributed by atoms with van der Waals surface area (Å²) < 4.78 is 5.39. The standard InChI is InChI=1S/C18H22N2O.ClH/c1-21-15-9-10-16(17(13-15)20-11-5-6-12-20)18(19)14-7-3-2-4-8-14;/h2-4,7-10,13,18H,5-6,11-12,19H2,1H3;1H. The van der Waals surface area contributed by atoms with Crippen LogP contribution in [0, 0.1) is 0 Å². The Bertz CT molecular complexity index is 597. The SMILES string of the molecule is COc1ccc(C(N)c2ccccc2)c(N2CCCC2)c1.Cl. The number of benzene rings is 2. The van der Waals surface area contributed by atoms with Crippen molar-refractivity contribution in [2.75, 3.05) is 25.1 Å². The lowest BCUT2D eigenvalue weighted by Crippen LogP contribution is -2.22. The van der Waals surface area contributed by atoms with Crippen LogP contribution in [0.15, 0.2) is 48.5 Å². The first-order chi connectivity index (χ1) is 10.3. The summed E-state index contributed by atoms with van der Waals surface area (Å²) in [5, 5.41) is 0. The summed E-state index contributed by atoms with van der Waals surface area (Å²) in [5.41, 5.74) is 10.0. The summed E-state index contributed by atoms with van der Waals surface area (Å²) in [6, 6.07) is 16.4. The maximum absolute atomic E-state index is 6.51. The Morgan fingerprint density at radius 2 is 1.73 bits per heavy atom. The van der Waals surface area contributed by atoms with Crippen LogP contribution in [0.25, 0.3) is 0 Å². The molecule has 1 aliphatic rings. The molecule has 1 saturated heterocycles. The van der Waals surface area contributed by atoms with E-state index in [0.717, 1.165) is 24.4 Å². The zero-order valence-electron chi connectivity index (χ0n) is 12.9. The second-order valence-corrected chi connectivity index (χ2v) is 5.51. The Morgan fingerprint density at radius 3 is 2.36 bits per heavy atom. The molecule has 0 aliphatic carbocycles. The monoisotopic (exact) mass is 318 g/mol. The Morgan fingerprint density at radius 1 is 1.05 bits per heavy atom. The highest BCUT2D eigenvalue weighted by Gasteiger charge is 2.20. The van der Waals surface area contributed by atoms with Gasteiger partial charge in [0.25, 0.3) is 0 Å². The molecule has 2 N–H and O–H groups in total. The summed E-state index contributed by atoms with van der Waals surface area (Å²) >= 11 is 0. The Hall–Kier alpha value is -1.71. The highest BCUT2D eigenvalue weighted by Crippen LogP contribution is 2.34. The Balaban J connectivity index is 0.00000176. The number of hydrogen-bond donors (Lipinski definition) is 1. The van der Waals surface area contributed by atoms with Crippen LogP contribution in [0.2, 0.25) is 0 Å². The molecule has 0 aromatic heterocycles. The van der Waals surface area contributed by atoms with Crippen molar-refractivity contribution < 1.29 is 4.74 Å². The van der Waals surface area contributed by atoms with Crippen molar-refractivity contribution in [1.82, 2.24) is 0 Å². The minimum atomic E-state index is -0.104. The zero-order valence-corrected chi connectivity index (χ0v) is 13.7. The van der Waals surface area contributed by atoms with Crippen molar-refractivity contribution in [3.63, 3.8) is 0 Å². The van der Waals surface area contributed by atoms with Gasteiger partial charge in [-0.3, -0.25) is 0 Å². The van der Waals surface area contributed by atoms with Crippen LogP contribution in [0.3, 0.4) is 0 Å². The van der Waals surface area contributed by atoms with Gasteiger partial charge in [0.05, 0.1) is 13.2 Å². The molecule has 3 nitrogen and oxygen atoms in total. The number of nitrogens with zero attached hydrogens (tertiary/aromatic N) is 1. The maximum Gasteiger partial charge on any atom is 0.120 e. The second-order valence-electron chi connectivity index (χ2n) is 5.51. The number of rotatable bonds is 4. The predicted molar refractivity (Wildman–Crippen MR) is 94.2 cm³/mol. The van der Waals surface area contributed by atoms with Crippen molar-refractivity contribution in [2.45, 2.75) is 18.9 Å². The molecular formula is C18H23ClN2O. The van der Waals surface area contributed by atoms with E-state index in [4.69, 9.17) is 10.5 Å². The van der Waals surface area contributed by atoms with E-state index >= 15 is 0 Å². The molecule has 0 amide bonds. The lowest BCUT2D eigenvalue weighted by atomic mass is 9.97. The first-order valence-corrected chi connectivity index (χ1v) is 7.53. The summed E-state index contributed by atoms with van der Waals surface area (Å²) in [6.45, 7) is 2.20. The van der Waals surface area contributed by atoms with E-state index in [-0.39, 0.29) is 18.4 Å². The van der Waals surface area contributed by atoms with E-state index in [2.05, 4.69) is 29.2 Å². The average molecular weight is 319 g/mol. The molecule has 1 aliphatic heterocycles. The van der Waals surface area contributed by atoms with E-state index in [0.29, 0.717) is 0 Å². The van der Waals surface area contributed by atoms with E-state index < -0.39 is 0 Å². The molecule has 118 valence electrons. The molecule has 1 unspecified atom stereocenters. The van der Waals surface area contributed by atoms with Gasteiger partial charge in [-0.05, 0) is 30.0 Å². The first kappa shape index (κ1) is 16.7. The van der Waals surface area contributed by atoms with Crippen molar-refractivity contribution in [1.29, 1.82) is 0 Å². The van der Waals surface area contributed by atoms with Crippen molar-refractivity contribution in [3.05, 3.63) is 59.7 Å². The van der Waals surface area contributed by atoms with Gasteiger partial charge in [-0.25, -0.2) is 0 Å². The molecule has 0 radical (unpaired) electrons. The quantitative estimate of drug-likeness (QED) is 0.932. The fourth-order valence-electron chi connectivity index (χ4n) is 2.99. The van der Waals surface area contributed by atoms with Crippen molar-refractivity contribution >= 4 is 18.1 Å². The topological polar surface area (TPSA) is 38.5 Å². The van der Waals surface area contributed by atoms with Gasteiger partial charge in [0.2, 0.25) is 0 Å². The molecule has 2 aromatic carbocycles. The molecule has 1 fully saturated rings. The van der Waals surface area contributed by atoms with Gasteiger partial charge in [0.15, 0.2) is 0 Å². The fourth-order valence-corrected chi connectivity index (χ4v) is 2.99. The number of methoxy groups -OCH3 is 1. The number of halogens is 1. The molecule has 0 spiro atoms. The third-order valence-electron chi connectivity index (χ3n) is 4.18. The van der Waals surface area contributed by atoms with Gasteiger partial charge in [-0.1, -0.05) is 36.4 Å². The van der Waals surface area contributed by atoms with E-state index in [1.807, 2.05) is 24.3 Å². The van der Waals surface area contributed by atoms with Crippen LogP contribution >= 0.6 is 12.4 Å². The lowest BCUT2D eigenvalue weighted by molar-refractivity contribution is 0.414. The largest absolute Gasteiger partial charge is 0.497 e. The molecular weight excluding hydrogens is 296 g/mol. The van der Waals surface area contributed by atoms with Gasteiger partial charge in [-0.15, -0.1) is 12.4 Å². The number of ether oxygens (including phenoxy) is 1. The minimum Gasteiger partial charge on any atom is -0.497 e. The summed E-state index contributed by atoms with van der Waals surface area (Å²) in [6.07, 6.45) is 2.49. The molecule has 1 atom stereocenters. The van der Waals surface area contributed by atoms with Gasteiger partial charge < -0.3 is 15.4 Å². The molecule has 0 saturated carbocycles. The highest BCUT2D eigenvalue weighted by atomic mass is 35.5. The van der Waals surface area contributed by atoms with Crippen LogP contribution in [-0.2, 0) is 0 Å². The molecule has 4 heteroatoms. The van der Waals surface area contributed by atoms with Crippen LogP contribution in [0.1, 0.15) is 30.0 Å². The Kier molecular flexibility index (Phi) is 5.69. The second kappa shape index (κ2) is 7.52. The van der Waals surface area contributed by atoms with Crippen LogP contribution < -0.4 is 15.4 Å². The van der Waals surface area contributed by atoms with Gasteiger partial charge in [-0.2, -0.15) is 0 Å². The zero-order chi connectivity index (χ0) is 14.7. The molecule has 2 aromatic rings. The first-order valence-electron chi connectivity index (χ1n) is 7.53. The fraction of sp³-hybridized carbons (Fsp3) is 0.333. The van der Waals surface area contributed by atoms with E-state index in [9.17, 15) is 0 Å². The van der Waals surface area contributed by atoms with Gasteiger partial charge in [0, 0.05) is 24.8 Å². The summed E-state index contributed by atoms with van der Waals surface area (Å²) in [4.78, 5) is 2.42. The normalized spacial score (nSPS) is 15.3. The Labute approximate surface area is 138 Å². The predicted octanol–water partition coefficient (Wildman–Crippen LogP) is 3.77. The molecule has 22 heavy (non-hydrogen) atoms. The van der Waals surface area contributed by atoms with Gasteiger partial charge >= 0.3 is 0 Å². The van der Waals surface area contributed by atoms with E-state index in [1.165, 1.54) is 24.1 Å². The van der Waals surface area contributed by atoms with Gasteiger partial charge in [0.1, 0.15) is 5.75 Å². The lowest BCUT2D eigenvalue weighted by Gasteiger charge is -2.25. The van der Waals surface area contributed by atoms with Crippen LogP contribution in [0.5, 0.6) is 5.75 Å². The maximum atomic E-state index is 6.51. The average Bonchev–Trinajstić information content (AvgIpc) is 3.09. The number of hydrogen-bond acceptors (Lipinski definition) is 3. The number of anilines is 1. The molecule has 3 rings (SSSR count). The highest BCUT2D eigenvalue weighted by molar-refractivity contribution is 5.85. The van der Waals surface area contributed by atoms with Crippen molar-refractivity contribution in [2.24, 2.45) is 5.73 Å². The van der Waals surface area contributed by atoms with Crippen LogP contribution in [0.4, 0.5) is 5.69 Å². The third kappa shape index (κ3) is 3.37. The smallest absolute Gasteiger partial charge is 0.120 e. The van der Waals surface area contributed by atoms with E-state index in [1.54, 1.807) is 7.11 Å². The summed E-state index contributed by atoms with van der Waals surface area (Å²) in [7, 11) is 1.71. The van der Waals surface area contributed by atoms with Crippen molar-refractivity contribution in [3.8, 4) is 5.75 Å². The minimum absolute atomic E-state index is 0. The third-order valence-corrected chi connectivity index (χ3v) is 4.18. The van der Waals surface area contributed by atoms with Crippen LogP contribution in [-0.4, -0.2) is 20.2 Å². The number of nitrogens with two attached hydrogens (primary N) is 1. The summed E-state index contributed by atoms with van der Waals surface area (Å²) in [5.74, 6) is 0.890.